The van der Waals surface area contributed by atoms with Crippen molar-refractivity contribution in [1.29, 1.82) is 5.26 Å². The number of nitriles is 1. The smallest absolute Gasteiger partial charge is 0.310 e. The molecule has 0 atom stereocenters. The molecule has 0 amide bonds. The Kier molecular flexibility index (Phi) is 4.63. The molecule has 0 unspecified atom stereocenters. The van der Waals surface area contributed by atoms with Gasteiger partial charge in [0.25, 0.3) is 5.69 Å². The van der Waals surface area contributed by atoms with E-state index in [4.69, 9.17) is 21.6 Å². The molecule has 7 heteroatoms. The minimum atomic E-state index is -0.661. The Morgan fingerprint density at radius 2 is 2.28 bits per heavy atom. The Balaban J connectivity index is 3.18. The summed E-state index contributed by atoms with van der Waals surface area (Å²) in [6.07, 6.45) is -0.254. The highest BCUT2D eigenvalue weighted by Gasteiger charge is 2.20. The number of benzene rings is 1. The fourth-order valence-corrected chi connectivity index (χ4v) is 1.60. The standard InChI is InChI=1S/C11H9ClN2O4/c1-2-18-11(15)5-7-3-9(12)8(6-13)4-10(7)14(16)17/h3-4H,2,5H2,1H3. The molecular formula is C11H9ClN2O4. The molecule has 1 aromatic rings. The first-order chi connectivity index (χ1) is 8.49. The van der Waals surface area contributed by atoms with Crippen LogP contribution in [0, 0.1) is 21.4 Å². The fraction of sp³-hybridized carbons (Fsp3) is 0.273. The second-order valence-corrected chi connectivity index (χ2v) is 3.72. The first-order valence-corrected chi connectivity index (χ1v) is 5.40. The van der Waals surface area contributed by atoms with Crippen molar-refractivity contribution >= 4 is 23.3 Å². The van der Waals surface area contributed by atoms with E-state index >= 15 is 0 Å². The molecule has 0 saturated heterocycles. The molecule has 6 nitrogen and oxygen atoms in total. The van der Waals surface area contributed by atoms with Crippen LogP contribution in [0.5, 0.6) is 0 Å². The van der Waals surface area contributed by atoms with E-state index in [0.29, 0.717) is 0 Å². The van der Waals surface area contributed by atoms with Gasteiger partial charge in [-0.3, -0.25) is 14.9 Å². The Morgan fingerprint density at radius 1 is 1.61 bits per heavy atom. The molecule has 0 heterocycles. The zero-order valence-electron chi connectivity index (χ0n) is 9.47. The molecule has 0 aliphatic heterocycles. The van der Waals surface area contributed by atoms with Gasteiger partial charge in [-0.2, -0.15) is 5.26 Å². The van der Waals surface area contributed by atoms with Crippen LogP contribution in [0.25, 0.3) is 0 Å². The lowest BCUT2D eigenvalue weighted by molar-refractivity contribution is -0.385. The van der Waals surface area contributed by atoms with Crippen LogP contribution < -0.4 is 0 Å². The van der Waals surface area contributed by atoms with Gasteiger partial charge in [0.1, 0.15) is 6.07 Å². The van der Waals surface area contributed by atoms with Crippen LogP contribution >= 0.6 is 11.6 Å². The number of nitro groups is 1. The van der Waals surface area contributed by atoms with E-state index in [1.807, 2.05) is 0 Å². The van der Waals surface area contributed by atoms with E-state index in [1.54, 1.807) is 13.0 Å². The third kappa shape index (κ3) is 3.18. The van der Waals surface area contributed by atoms with Crippen molar-refractivity contribution in [2.45, 2.75) is 13.3 Å². The summed E-state index contributed by atoms with van der Waals surface area (Å²) in [7, 11) is 0. The number of rotatable bonds is 4. The molecule has 0 radical (unpaired) electrons. The van der Waals surface area contributed by atoms with Crippen molar-refractivity contribution < 1.29 is 14.5 Å². The van der Waals surface area contributed by atoms with Crippen molar-refractivity contribution in [2.24, 2.45) is 0 Å². The van der Waals surface area contributed by atoms with Crippen LogP contribution in [-0.4, -0.2) is 17.5 Å². The van der Waals surface area contributed by atoms with Crippen LogP contribution in [0.15, 0.2) is 12.1 Å². The van der Waals surface area contributed by atoms with Crippen molar-refractivity contribution in [3.8, 4) is 6.07 Å². The van der Waals surface area contributed by atoms with Gasteiger partial charge in [-0.25, -0.2) is 0 Å². The average Bonchev–Trinajstić information content (AvgIpc) is 2.29. The minimum Gasteiger partial charge on any atom is -0.466 e. The fourth-order valence-electron chi connectivity index (χ4n) is 1.37. The topological polar surface area (TPSA) is 93.2 Å². The Morgan fingerprint density at radius 3 is 2.78 bits per heavy atom. The normalized spacial score (nSPS) is 9.61. The minimum absolute atomic E-state index is 0.00373. The number of carbonyl (C=O) groups is 1. The van der Waals surface area contributed by atoms with Crippen LogP contribution in [0.1, 0.15) is 18.1 Å². The van der Waals surface area contributed by atoms with Gasteiger partial charge in [-0.1, -0.05) is 11.6 Å². The average molecular weight is 269 g/mol. The maximum atomic E-state index is 11.3. The molecule has 0 aromatic heterocycles. The van der Waals surface area contributed by atoms with Crippen molar-refractivity contribution in [3.05, 3.63) is 38.4 Å². The van der Waals surface area contributed by atoms with E-state index in [9.17, 15) is 14.9 Å². The predicted octanol–water partition coefficient (Wildman–Crippen LogP) is 2.23. The summed E-state index contributed by atoms with van der Waals surface area (Å²) < 4.78 is 4.71. The summed E-state index contributed by atoms with van der Waals surface area (Å²) in [4.78, 5) is 21.5. The quantitative estimate of drug-likeness (QED) is 0.474. The number of ether oxygens (including phenoxy) is 1. The maximum absolute atomic E-state index is 11.3. The highest BCUT2D eigenvalue weighted by atomic mass is 35.5. The van der Waals surface area contributed by atoms with Gasteiger partial charge in [-0.05, 0) is 13.0 Å². The van der Waals surface area contributed by atoms with E-state index in [1.165, 1.54) is 6.07 Å². The zero-order chi connectivity index (χ0) is 13.7. The Labute approximate surface area is 108 Å². The van der Waals surface area contributed by atoms with Gasteiger partial charge in [0, 0.05) is 11.6 Å². The highest BCUT2D eigenvalue weighted by Crippen LogP contribution is 2.27. The summed E-state index contributed by atoms with van der Waals surface area (Å²) in [5.74, 6) is -0.582. The summed E-state index contributed by atoms with van der Waals surface area (Å²) in [5, 5.41) is 19.6. The zero-order valence-corrected chi connectivity index (χ0v) is 10.2. The molecule has 0 N–H and O–H groups in total. The van der Waals surface area contributed by atoms with Crippen LogP contribution in [0.2, 0.25) is 5.02 Å². The number of esters is 1. The van der Waals surface area contributed by atoms with Gasteiger partial charge in [0.15, 0.2) is 0 Å². The van der Waals surface area contributed by atoms with Gasteiger partial charge >= 0.3 is 5.97 Å². The summed E-state index contributed by atoms with van der Waals surface area (Å²) in [6, 6.07) is 4.04. The monoisotopic (exact) mass is 268 g/mol. The van der Waals surface area contributed by atoms with Gasteiger partial charge in [0.05, 0.1) is 28.5 Å². The maximum Gasteiger partial charge on any atom is 0.310 e. The summed E-state index contributed by atoms with van der Waals surface area (Å²) in [5.41, 5.74) is -0.192. The Bertz CT molecular complexity index is 537. The third-order valence-electron chi connectivity index (χ3n) is 2.13. The SMILES string of the molecule is CCOC(=O)Cc1cc(Cl)c(C#N)cc1[N+](=O)[O-]. The van der Waals surface area contributed by atoms with Gasteiger partial charge < -0.3 is 4.74 Å². The predicted molar refractivity (Wildman–Crippen MR) is 63.2 cm³/mol. The largest absolute Gasteiger partial charge is 0.466 e. The first kappa shape index (κ1) is 13.9. The molecule has 1 aromatic carbocycles. The summed E-state index contributed by atoms with van der Waals surface area (Å²) in [6.45, 7) is 1.83. The molecule has 1 rings (SSSR count). The summed E-state index contributed by atoms with van der Waals surface area (Å²) >= 11 is 5.77. The number of hydrogen-bond acceptors (Lipinski definition) is 5. The molecule has 18 heavy (non-hydrogen) atoms. The number of nitrogens with zero attached hydrogens (tertiary/aromatic N) is 2. The number of nitro benzene ring substituents is 1. The lowest BCUT2D eigenvalue weighted by Crippen LogP contribution is -2.09. The van der Waals surface area contributed by atoms with E-state index in [0.717, 1.165) is 6.07 Å². The second kappa shape index (κ2) is 5.98. The van der Waals surface area contributed by atoms with E-state index < -0.39 is 10.9 Å². The van der Waals surface area contributed by atoms with Gasteiger partial charge in [-0.15, -0.1) is 0 Å². The van der Waals surface area contributed by atoms with Gasteiger partial charge in [0.2, 0.25) is 0 Å². The van der Waals surface area contributed by atoms with Crippen LogP contribution in [-0.2, 0) is 16.0 Å². The highest BCUT2D eigenvalue weighted by molar-refractivity contribution is 6.31. The number of carbonyl (C=O) groups excluding carboxylic acids is 1. The molecular weight excluding hydrogens is 260 g/mol. The van der Waals surface area contributed by atoms with E-state index in [2.05, 4.69) is 0 Å². The van der Waals surface area contributed by atoms with Crippen LogP contribution in [0.4, 0.5) is 5.69 Å². The molecule has 94 valence electrons. The lowest BCUT2D eigenvalue weighted by atomic mass is 10.1. The van der Waals surface area contributed by atoms with Crippen LogP contribution in [0.3, 0.4) is 0 Å². The number of halogens is 1. The van der Waals surface area contributed by atoms with E-state index in [-0.39, 0.29) is 34.9 Å². The molecule has 0 saturated carbocycles. The van der Waals surface area contributed by atoms with Crippen molar-refractivity contribution in [2.75, 3.05) is 6.61 Å². The molecule has 0 aliphatic carbocycles. The van der Waals surface area contributed by atoms with Crippen molar-refractivity contribution in [3.63, 3.8) is 0 Å². The lowest BCUT2D eigenvalue weighted by Gasteiger charge is -2.05. The molecule has 0 fully saturated rings. The number of hydrogen-bond donors (Lipinski definition) is 0. The van der Waals surface area contributed by atoms with Crippen molar-refractivity contribution in [1.82, 2.24) is 0 Å². The molecule has 0 bridgehead atoms. The molecule has 0 spiro atoms. The Hall–Kier alpha value is -2.13. The third-order valence-corrected chi connectivity index (χ3v) is 2.44. The second-order valence-electron chi connectivity index (χ2n) is 3.31. The first-order valence-electron chi connectivity index (χ1n) is 5.02. The molecule has 0 aliphatic rings.